The van der Waals surface area contributed by atoms with Crippen molar-refractivity contribution in [1.29, 1.82) is 0 Å². The van der Waals surface area contributed by atoms with E-state index in [-0.39, 0.29) is 0 Å². The average Bonchev–Trinajstić information content (AvgIpc) is 2.95. The van der Waals surface area contributed by atoms with Gasteiger partial charge in [0.05, 0.1) is 11.3 Å². The van der Waals surface area contributed by atoms with Crippen LogP contribution in [0.2, 0.25) is 5.15 Å². The fraction of sp³-hybridized carbons (Fsp3) is 0.769. The van der Waals surface area contributed by atoms with Gasteiger partial charge in [-0.25, -0.2) is 0 Å². The van der Waals surface area contributed by atoms with Gasteiger partial charge in [0, 0.05) is 31.6 Å². The van der Waals surface area contributed by atoms with Gasteiger partial charge in [-0.15, -0.1) is 0 Å². The van der Waals surface area contributed by atoms with Crippen LogP contribution in [-0.4, -0.2) is 44.5 Å². The number of fused-ring (bicyclic) bond motifs is 1. The quantitative estimate of drug-likeness (QED) is 0.885. The molecule has 1 aromatic rings. The van der Waals surface area contributed by atoms with E-state index < -0.39 is 5.60 Å². The molecule has 2 unspecified atom stereocenters. The Hall–Kier alpha value is -0.580. The summed E-state index contributed by atoms with van der Waals surface area (Å²) in [6.07, 6.45) is 3.79. The zero-order valence-corrected chi connectivity index (χ0v) is 11.7. The lowest BCUT2D eigenvalue weighted by atomic mass is 9.86. The van der Waals surface area contributed by atoms with Gasteiger partial charge in [0.1, 0.15) is 5.15 Å². The molecular formula is C13H20ClN3O. The zero-order chi connectivity index (χ0) is 12.9. The van der Waals surface area contributed by atoms with E-state index in [0.717, 1.165) is 37.2 Å². The van der Waals surface area contributed by atoms with Gasteiger partial charge in [0.15, 0.2) is 0 Å². The lowest BCUT2D eigenvalue weighted by molar-refractivity contribution is 0.0139. The molecule has 2 fully saturated rings. The number of aliphatic hydroxyl groups is 1. The third kappa shape index (κ3) is 1.78. The monoisotopic (exact) mass is 269 g/mol. The third-order valence-corrected chi connectivity index (χ3v) is 5.04. The maximum Gasteiger partial charge on any atom is 0.130 e. The van der Waals surface area contributed by atoms with Gasteiger partial charge < -0.3 is 5.11 Å². The molecule has 1 aromatic heterocycles. The Morgan fingerprint density at radius 2 is 2.28 bits per heavy atom. The van der Waals surface area contributed by atoms with Crippen molar-refractivity contribution in [2.75, 3.05) is 13.1 Å². The lowest BCUT2D eigenvalue weighted by Gasteiger charge is -2.30. The van der Waals surface area contributed by atoms with Crippen LogP contribution < -0.4 is 0 Å². The van der Waals surface area contributed by atoms with Crippen molar-refractivity contribution in [3.8, 4) is 0 Å². The van der Waals surface area contributed by atoms with E-state index in [4.69, 9.17) is 11.6 Å². The minimum atomic E-state index is -0.617. The number of rotatable bonds is 2. The van der Waals surface area contributed by atoms with E-state index in [1.54, 1.807) is 4.68 Å². The first kappa shape index (κ1) is 12.5. The number of hydrogen-bond acceptors (Lipinski definition) is 3. The van der Waals surface area contributed by atoms with Gasteiger partial charge in [-0.2, -0.15) is 5.10 Å². The van der Waals surface area contributed by atoms with Crippen LogP contribution in [0.15, 0.2) is 0 Å². The number of aromatic nitrogens is 2. The highest BCUT2D eigenvalue weighted by molar-refractivity contribution is 6.30. The molecule has 2 atom stereocenters. The minimum Gasteiger partial charge on any atom is -0.388 e. The second-order valence-electron chi connectivity index (χ2n) is 5.70. The fourth-order valence-corrected chi connectivity index (χ4v) is 3.83. The summed E-state index contributed by atoms with van der Waals surface area (Å²) in [4.78, 5) is 2.42. The summed E-state index contributed by atoms with van der Waals surface area (Å²) >= 11 is 6.27. The molecule has 3 heterocycles. The summed E-state index contributed by atoms with van der Waals surface area (Å²) in [5, 5.41) is 15.9. The van der Waals surface area contributed by atoms with Crippen molar-refractivity contribution >= 4 is 11.6 Å². The van der Waals surface area contributed by atoms with E-state index in [1.807, 2.05) is 14.0 Å². The summed E-state index contributed by atoms with van der Waals surface area (Å²) in [7, 11) is 1.85. The molecule has 0 aliphatic carbocycles. The molecule has 1 N–H and O–H groups in total. The van der Waals surface area contributed by atoms with Crippen LogP contribution in [0.25, 0.3) is 0 Å². The molecule has 5 heteroatoms. The molecule has 0 saturated carbocycles. The van der Waals surface area contributed by atoms with E-state index in [0.29, 0.717) is 17.6 Å². The van der Waals surface area contributed by atoms with Crippen molar-refractivity contribution in [3.05, 3.63) is 16.4 Å². The predicted octanol–water partition coefficient (Wildman–Crippen LogP) is 1.52. The summed E-state index contributed by atoms with van der Waals surface area (Å²) in [5.74, 6) is 0. The van der Waals surface area contributed by atoms with Crippen molar-refractivity contribution in [2.45, 2.75) is 44.2 Å². The molecule has 0 radical (unpaired) electrons. The Morgan fingerprint density at radius 1 is 1.50 bits per heavy atom. The third-order valence-electron chi connectivity index (χ3n) is 4.57. The molecule has 0 amide bonds. The van der Waals surface area contributed by atoms with E-state index in [9.17, 15) is 5.11 Å². The highest BCUT2D eigenvalue weighted by atomic mass is 35.5. The van der Waals surface area contributed by atoms with Gasteiger partial charge in [-0.05, 0) is 32.7 Å². The summed E-state index contributed by atoms with van der Waals surface area (Å²) in [6, 6.07) is 0.313. The van der Waals surface area contributed by atoms with E-state index in [1.165, 1.54) is 6.42 Å². The maximum absolute atomic E-state index is 10.9. The highest BCUT2D eigenvalue weighted by Crippen LogP contribution is 2.39. The number of nitrogens with zero attached hydrogens (tertiary/aromatic N) is 3. The van der Waals surface area contributed by atoms with Crippen molar-refractivity contribution in [1.82, 2.24) is 14.7 Å². The smallest absolute Gasteiger partial charge is 0.130 e. The lowest BCUT2D eigenvalue weighted by Crippen LogP contribution is -2.43. The van der Waals surface area contributed by atoms with Gasteiger partial charge in [0.2, 0.25) is 0 Å². The van der Waals surface area contributed by atoms with Crippen LogP contribution in [0.5, 0.6) is 0 Å². The predicted molar refractivity (Wildman–Crippen MR) is 70.8 cm³/mol. The largest absolute Gasteiger partial charge is 0.388 e. The summed E-state index contributed by atoms with van der Waals surface area (Å²) in [5.41, 5.74) is 1.33. The number of aryl methyl sites for hydroxylation is 2. The molecule has 4 nitrogen and oxygen atoms in total. The first-order valence-electron chi connectivity index (χ1n) is 6.66. The molecule has 100 valence electrons. The zero-order valence-electron chi connectivity index (χ0n) is 11.0. The Bertz CT molecular complexity index is 473. The molecule has 0 spiro atoms. The van der Waals surface area contributed by atoms with Gasteiger partial charge in [0.25, 0.3) is 0 Å². The van der Waals surface area contributed by atoms with Crippen LogP contribution in [-0.2, 0) is 13.5 Å². The Labute approximate surface area is 113 Å². The Balaban J connectivity index is 1.87. The van der Waals surface area contributed by atoms with Gasteiger partial charge >= 0.3 is 0 Å². The van der Waals surface area contributed by atoms with Gasteiger partial charge in [-0.3, -0.25) is 9.58 Å². The van der Waals surface area contributed by atoms with Crippen molar-refractivity contribution in [3.63, 3.8) is 0 Å². The topological polar surface area (TPSA) is 41.3 Å². The summed E-state index contributed by atoms with van der Waals surface area (Å²) < 4.78 is 1.69. The molecule has 2 aliphatic heterocycles. The maximum atomic E-state index is 10.9. The molecule has 2 aliphatic rings. The number of halogens is 1. The standard InChI is InChI=1S/C13H20ClN3O/c1-9-10(12(14)16(2)15-9)8-13(18)5-7-17-6-3-4-11(13)17/h11,18H,3-8H2,1-2H3. The van der Waals surface area contributed by atoms with Crippen molar-refractivity contribution < 1.29 is 5.11 Å². The molecule has 3 rings (SSSR count). The molecule has 2 saturated heterocycles. The van der Waals surface area contributed by atoms with Crippen LogP contribution >= 0.6 is 11.6 Å². The number of hydrogen-bond donors (Lipinski definition) is 1. The summed E-state index contributed by atoms with van der Waals surface area (Å²) in [6.45, 7) is 4.11. The average molecular weight is 270 g/mol. The van der Waals surface area contributed by atoms with E-state index >= 15 is 0 Å². The fourth-order valence-electron chi connectivity index (χ4n) is 3.59. The highest BCUT2D eigenvalue weighted by Gasteiger charge is 2.48. The Morgan fingerprint density at radius 3 is 2.94 bits per heavy atom. The second-order valence-corrected chi connectivity index (χ2v) is 6.06. The molecule has 18 heavy (non-hydrogen) atoms. The van der Waals surface area contributed by atoms with Crippen LogP contribution in [0.3, 0.4) is 0 Å². The minimum absolute atomic E-state index is 0.313. The molecular weight excluding hydrogens is 250 g/mol. The first-order valence-corrected chi connectivity index (χ1v) is 7.03. The van der Waals surface area contributed by atoms with Gasteiger partial charge in [-0.1, -0.05) is 11.6 Å². The normalized spacial score (nSPS) is 32.1. The van der Waals surface area contributed by atoms with E-state index in [2.05, 4.69) is 10.00 Å². The van der Waals surface area contributed by atoms with Crippen LogP contribution in [0.1, 0.15) is 30.5 Å². The molecule has 0 bridgehead atoms. The van der Waals surface area contributed by atoms with Crippen LogP contribution in [0, 0.1) is 6.92 Å². The van der Waals surface area contributed by atoms with Crippen LogP contribution in [0.4, 0.5) is 0 Å². The second kappa shape index (κ2) is 4.22. The van der Waals surface area contributed by atoms with Crippen molar-refractivity contribution in [2.24, 2.45) is 7.05 Å². The Kier molecular flexibility index (Phi) is 2.92. The molecule has 0 aromatic carbocycles. The SMILES string of the molecule is Cc1nn(C)c(Cl)c1CC1(O)CCN2CCCC21. The first-order chi connectivity index (χ1) is 8.51.